The van der Waals surface area contributed by atoms with Crippen molar-refractivity contribution >= 4 is 43.2 Å². The molecule has 8 heteroatoms. The van der Waals surface area contributed by atoms with Gasteiger partial charge in [0.1, 0.15) is 0 Å². The Bertz CT molecular complexity index is 970. The van der Waals surface area contributed by atoms with E-state index < -0.39 is 10.0 Å². The van der Waals surface area contributed by atoms with E-state index in [0.29, 0.717) is 11.3 Å². The van der Waals surface area contributed by atoms with Gasteiger partial charge in [0, 0.05) is 43.0 Å². The van der Waals surface area contributed by atoms with E-state index in [9.17, 15) is 13.2 Å². The molecule has 0 spiro atoms. The summed E-state index contributed by atoms with van der Waals surface area (Å²) in [6, 6.07) is 12.1. The molecule has 28 heavy (non-hydrogen) atoms. The summed E-state index contributed by atoms with van der Waals surface area (Å²) in [6.45, 7) is 1.72. The van der Waals surface area contributed by atoms with E-state index in [2.05, 4.69) is 26.1 Å². The summed E-state index contributed by atoms with van der Waals surface area (Å²) in [5.74, 6) is -0.325. The van der Waals surface area contributed by atoms with Gasteiger partial charge in [-0.25, -0.2) is 12.7 Å². The van der Waals surface area contributed by atoms with Gasteiger partial charge in [-0.15, -0.1) is 0 Å². The Morgan fingerprint density at radius 2 is 1.79 bits per heavy atom. The van der Waals surface area contributed by atoms with Gasteiger partial charge in [-0.3, -0.25) is 4.79 Å². The Kier molecular flexibility index (Phi) is 6.42. The Hall–Kier alpha value is -1.90. The minimum atomic E-state index is -3.63. The van der Waals surface area contributed by atoms with Crippen LogP contribution < -0.4 is 10.2 Å². The molecule has 0 aliphatic carbocycles. The van der Waals surface area contributed by atoms with Gasteiger partial charge in [-0.1, -0.05) is 22.0 Å². The van der Waals surface area contributed by atoms with Crippen LogP contribution in [0.4, 0.5) is 11.4 Å². The maximum atomic E-state index is 13.1. The van der Waals surface area contributed by atoms with Crippen molar-refractivity contribution in [1.29, 1.82) is 0 Å². The molecule has 3 rings (SSSR count). The minimum absolute atomic E-state index is 0.109. The number of nitrogens with zero attached hydrogens (tertiary/aromatic N) is 2. The van der Waals surface area contributed by atoms with Crippen molar-refractivity contribution in [2.24, 2.45) is 0 Å². The number of amides is 1. The summed E-state index contributed by atoms with van der Waals surface area (Å²) in [7, 11) is -0.670. The molecule has 0 radical (unpaired) electrons. The second kappa shape index (κ2) is 8.63. The highest BCUT2D eigenvalue weighted by Gasteiger charge is 2.24. The van der Waals surface area contributed by atoms with Crippen LogP contribution in [-0.2, 0) is 10.0 Å². The zero-order valence-electron chi connectivity index (χ0n) is 16.0. The highest BCUT2D eigenvalue weighted by Crippen LogP contribution is 2.29. The van der Waals surface area contributed by atoms with Crippen molar-refractivity contribution in [3.8, 4) is 0 Å². The van der Waals surface area contributed by atoms with Crippen LogP contribution in [-0.4, -0.2) is 45.8 Å². The predicted molar refractivity (Wildman–Crippen MR) is 115 cm³/mol. The first-order valence-electron chi connectivity index (χ1n) is 9.17. The lowest BCUT2D eigenvalue weighted by Crippen LogP contribution is -2.32. The largest absolute Gasteiger partial charge is 0.371 e. The SMILES string of the molecule is CN(C)S(=O)(=O)c1ccc(N2CCCCC2)c(C(=O)Nc2cccc(Br)c2)c1. The summed E-state index contributed by atoms with van der Waals surface area (Å²) in [6.07, 6.45) is 3.29. The number of carbonyl (C=O) groups excluding carboxylic acids is 1. The predicted octanol–water partition coefficient (Wildman–Crippen LogP) is 3.94. The Morgan fingerprint density at radius 1 is 1.07 bits per heavy atom. The molecule has 2 aromatic rings. The zero-order valence-corrected chi connectivity index (χ0v) is 18.4. The smallest absolute Gasteiger partial charge is 0.257 e. The van der Waals surface area contributed by atoms with Gasteiger partial charge in [0.25, 0.3) is 5.91 Å². The van der Waals surface area contributed by atoms with E-state index in [-0.39, 0.29) is 10.8 Å². The monoisotopic (exact) mass is 465 g/mol. The Morgan fingerprint density at radius 3 is 2.43 bits per heavy atom. The Balaban J connectivity index is 2.02. The van der Waals surface area contributed by atoms with Crippen molar-refractivity contribution < 1.29 is 13.2 Å². The molecule has 0 atom stereocenters. The molecule has 150 valence electrons. The molecule has 6 nitrogen and oxygen atoms in total. The second-order valence-corrected chi connectivity index (χ2v) is 10.0. The van der Waals surface area contributed by atoms with E-state index in [4.69, 9.17) is 0 Å². The number of hydrogen-bond donors (Lipinski definition) is 1. The number of carbonyl (C=O) groups is 1. The lowest BCUT2D eigenvalue weighted by molar-refractivity contribution is 0.102. The van der Waals surface area contributed by atoms with Gasteiger partial charge in [0.15, 0.2) is 0 Å². The second-order valence-electron chi connectivity index (χ2n) is 6.98. The van der Waals surface area contributed by atoms with Crippen LogP contribution in [0.15, 0.2) is 51.8 Å². The topological polar surface area (TPSA) is 69.7 Å². The molecule has 1 fully saturated rings. The quantitative estimate of drug-likeness (QED) is 0.725. The van der Waals surface area contributed by atoms with E-state index in [1.165, 1.54) is 26.6 Å². The number of nitrogens with one attached hydrogen (secondary N) is 1. The van der Waals surface area contributed by atoms with E-state index in [1.807, 2.05) is 12.1 Å². The van der Waals surface area contributed by atoms with Crippen LogP contribution >= 0.6 is 15.9 Å². The third kappa shape index (κ3) is 4.56. The van der Waals surface area contributed by atoms with Crippen molar-refractivity contribution in [2.45, 2.75) is 24.2 Å². The molecule has 1 aliphatic heterocycles. The average Bonchev–Trinajstić information content (AvgIpc) is 2.68. The number of hydrogen-bond acceptors (Lipinski definition) is 4. The van der Waals surface area contributed by atoms with Crippen LogP contribution in [0.25, 0.3) is 0 Å². The van der Waals surface area contributed by atoms with Crippen molar-refractivity contribution in [2.75, 3.05) is 37.4 Å². The third-order valence-corrected chi connectivity index (χ3v) is 7.07. The molecule has 2 aromatic carbocycles. The summed E-state index contributed by atoms with van der Waals surface area (Å²) in [5.41, 5.74) is 1.78. The lowest BCUT2D eigenvalue weighted by Gasteiger charge is -2.30. The molecule has 1 aliphatic rings. The summed E-state index contributed by atoms with van der Waals surface area (Å²) in [4.78, 5) is 15.3. The summed E-state index contributed by atoms with van der Waals surface area (Å²) >= 11 is 3.39. The van der Waals surface area contributed by atoms with Crippen LogP contribution in [0, 0.1) is 0 Å². The van der Waals surface area contributed by atoms with Gasteiger partial charge < -0.3 is 10.2 Å². The van der Waals surface area contributed by atoms with Crippen LogP contribution in [0.1, 0.15) is 29.6 Å². The first-order chi connectivity index (χ1) is 13.3. The number of anilines is 2. The maximum Gasteiger partial charge on any atom is 0.257 e. The molecule has 0 aromatic heterocycles. The first-order valence-corrected chi connectivity index (χ1v) is 11.4. The third-order valence-electron chi connectivity index (χ3n) is 4.77. The van der Waals surface area contributed by atoms with Gasteiger partial charge in [0.05, 0.1) is 10.5 Å². The number of halogens is 1. The molecule has 1 heterocycles. The fraction of sp³-hybridized carbons (Fsp3) is 0.350. The minimum Gasteiger partial charge on any atom is -0.371 e. The molecule has 1 amide bonds. The summed E-state index contributed by atoms with van der Waals surface area (Å²) in [5, 5.41) is 2.88. The van der Waals surface area contributed by atoms with E-state index in [0.717, 1.165) is 40.4 Å². The van der Waals surface area contributed by atoms with Crippen molar-refractivity contribution in [3.05, 3.63) is 52.5 Å². The maximum absolute atomic E-state index is 13.1. The first kappa shape index (κ1) is 20.8. The van der Waals surface area contributed by atoms with Gasteiger partial charge in [-0.2, -0.15) is 0 Å². The molecule has 1 saturated heterocycles. The number of rotatable bonds is 5. The van der Waals surface area contributed by atoms with Crippen molar-refractivity contribution in [3.63, 3.8) is 0 Å². The molecule has 1 N–H and O–H groups in total. The number of piperidine rings is 1. The van der Waals surface area contributed by atoms with Crippen LogP contribution in [0.5, 0.6) is 0 Å². The van der Waals surface area contributed by atoms with Gasteiger partial charge in [-0.05, 0) is 55.7 Å². The van der Waals surface area contributed by atoms with Crippen LogP contribution in [0.2, 0.25) is 0 Å². The molecule has 0 saturated carbocycles. The number of benzene rings is 2. The fourth-order valence-corrected chi connectivity index (χ4v) is 4.57. The standard InChI is InChI=1S/C20H24BrN3O3S/c1-23(2)28(26,27)17-9-10-19(24-11-4-3-5-12-24)18(14-17)20(25)22-16-8-6-7-15(21)13-16/h6-10,13-14H,3-5,11-12H2,1-2H3,(H,22,25). The van der Waals surface area contributed by atoms with E-state index in [1.54, 1.807) is 24.3 Å². The lowest BCUT2D eigenvalue weighted by atomic mass is 10.1. The number of sulfonamides is 1. The summed E-state index contributed by atoms with van der Waals surface area (Å²) < 4.78 is 27.1. The zero-order chi connectivity index (χ0) is 20.3. The fourth-order valence-electron chi connectivity index (χ4n) is 3.24. The van der Waals surface area contributed by atoms with Gasteiger partial charge >= 0.3 is 0 Å². The molecule has 0 unspecified atom stereocenters. The Labute approximate surface area is 174 Å². The van der Waals surface area contributed by atoms with Gasteiger partial charge in [0.2, 0.25) is 10.0 Å². The molecular formula is C20H24BrN3O3S. The highest BCUT2D eigenvalue weighted by atomic mass is 79.9. The average molecular weight is 466 g/mol. The molecule has 0 bridgehead atoms. The highest BCUT2D eigenvalue weighted by molar-refractivity contribution is 9.10. The molecular weight excluding hydrogens is 442 g/mol. The normalized spacial score (nSPS) is 14.9. The van der Waals surface area contributed by atoms with Crippen molar-refractivity contribution in [1.82, 2.24) is 4.31 Å². The van der Waals surface area contributed by atoms with Crippen LogP contribution in [0.3, 0.4) is 0 Å². The van der Waals surface area contributed by atoms with E-state index >= 15 is 0 Å².